The van der Waals surface area contributed by atoms with E-state index < -0.39 is 5.97 Å². The van der Waals surface area contributed by atoms with Crippen LogP contribution in [0.1, 0.15) is 11.3 Å². The summed E-state index contributed by atoms with van der Waals surface area (Å²) in [6, 6.07) is 17.1. The molecule has 0 aliphatic rings. The first-order chi connectivity index (χ1) is 12.6. The minimum Gasteiger partial charge on any atom is -0.455 e. The highest BCUT2D eigenvalue weighted by molar-refractivity contribution is 7.13. The lowest BCUT2D eigenvalue weighted by molar-refractivity contribution is -0.146. The summed E-state index contributed by atoms with van der Waals surface area (Å²) in [7, 11) is 0. The Bertz CT molecular complexity index is 906. The second-order valence-corrected chi connectivity index (χ2v) is 6.62. The fourth-order valence-electron chi connectivity index (χ4n) is 2.36. The van der Waals surface area contributed by atoms with Gasteiger partial charge in [0, 0.05) is 16.6 Å². The van der Waals surface area contributed by atoms with Gasteiger partial charge < -0.3 is 10.1 Å². The highest BCUT2D eigenvalue weighted by atomic mass is 32.1. The molecule has 0 fully saturated rings. The van der Waals surface area contributed by atoms with Crippen LogP contribution >= 0.6 is 11.3 Å². The van der Waals surface area contributed by atoms with Crippen LogP contribution in [0.2, 0.25) is 0 Å². The van der Waals surface area contributed by atoms with Crippen molar-refractivity contribution in [2.75, 3.05) is 11.9 Å². The van der Waals surface area contributed by atoms with Gasteiger partial charge in [0.05, 0.1) is 12.1 Å². The van der Waals surface area contributed by atoms with Crippen molar-refractivity contribution in [3.63, 3.8) is 0 Å². The number of anilines is 1. The van der Waals surface area contributed by atoms with Gasteiger partial charge in [-0.2, -0.15) is 0 Å². The maximum absolute atomic E-state index is 11.9. The number of nitrogens with one attached hydrogen (secondary N) is 1. The first kappa shape index (κ1) is 17.8. The summed E-state index contributed by atoms with van der Waals surface area (Å²) in [5, 5.41) is 5.36. The largest absolute Gasteiger partial charge is 0.455 e. The number of rotatable bonds is 6. The van der Waals surface area contributed by atoms with Gasteiger partial charge in [0.15, 0.2) is 6.61 Å². The molecule has 0 spiro atoms. The molecule has 26 heavy (non-hydrogen) atoms. The van der Waals surface area contributed by atoms with Gasteiger partial charge in [-0.25, -0.2) is 4.98 Å². The van der Waals surface area contributed by atoms with E-state index in [1.807, 2.05) is 48.7 Å². The quantitative estimate of drug-likeness (QED) is 0.673. The molecule has 0 saturated carbocycles. The van der Waals surface area contributed by atoms with Crippen molar-refractivity contribution in [3.8, 4) is 10.6 Å². The van der Waals surface area contributed by atoms with Crippen LogP contribution in [0.5, 0.6) is 0 Å². The topological polar surface area (TPSA) is 68.3 Å². The molecule has 0 unspecified atom stereocenters. The Balaban J connectivity index is 1.50. The van der Waals surface area contributed by atoms with Crippen molar-refractivity contribution in [3.05, 3.63) is 71.2 Å². The number of aryl methyl sites for hydroxylation is 1. The van der Waals surface area contributed by atoms with E-state index in [1.165, 1.54) is 11.3 Å². The summed E-state index contributed by atoms with van der Waals surface area (Å²) < 4.78 is 5.03. The van der Waals surface area contributed by atoms with E-state index in [9.17, 15) is 9.59 Å². The summed E-state index contributed by atoms with van der Waals surface area (Å²) in [6.07, 6.45) is 0.0426. The molecule has 1 amide bonds. The summed E-state index contributed by atoms with van der Waals surface area (Å²) in [5.74, 6) is -0.849. The lowest BCUT2D eigenvalue weighted by Crippen LogP contribution is -2.21. The van der Waals surface area contributed by atoms with Crippen molar-refractivity contribution in [1.82, 2.24) is 4.98 Å². The highest BCUT2D eigenvalue weighted by Crippen LogP contribution is 2.24. The number of hydrogen-bond donors (Lipinski definition) is 1. The van der Waals surface area contributed by atoms with E-state index in [1.54, 1.807) is 12.1 Å². The van der Waals surface area contributed by atoms with Gasteiger partial charge in [-0.05, 0) is 25.1 Å². The Kier molecular flexibility index (Phi) is 5.76. The van der Waals surface area contributed by atoms with E-state index in [4.69, 9.17) is 4.74 Å². The zero-order chi connectivity index (χ0) is 18.4. The van der Waals surface area contributed by atoms with Gasteiger partial charge in [-0.1, -0.05) is 42.0 Å². The van der Waals surface area contributed by atoms with Gasteiger partial charge in [0.1, 0.15) is 5.01 Å². The highest BCUT2D eigenvalue weighted by Gasteiger charge is 2.12. The number of thiazole rings is 1. The average Bonchev–Trinajstić information content (AvgIpc) is 3.09. The molecule has 1 aromatic heterocycles. The number of aromatic nitrogens is 1. The van der Waals surface area contributed by atoms with Gasteiger partial charge in [-0.3, -0.25) is 9.59 Å². The molecule has 3 rings (SSSR count). The first-order valence-electron chi connectivity index (χ1n) is 8.12. The number of carbonyl (C=O) groups is 2. The molecule has 0 atom stereocenters. The third-order valence-corrected chi connectivity index (χ3v) is 4.50. The van der Waals surface area contributed by atoms with Gasteiger partial charge >= 0.3 is 5.97 Å². The normalized spacial score (nSPS) is 10.3. The molecule has 0 aliphatic heterocycles. The van der Waals surface area contributed by atoms with Crippen molar-refractivity contribution < 1.29 is 14.3 Å². The monoisotopic (exact) mass is 366 g/mol. The van der Waals surface area contributed by atoms with Crippen LogP contribution in [0, 0.1) is 6.92 Å². The number of ether oxygens (including phenoxy) is 1. The van der Waals surface area contributed by atoms with Crippen molar-refractivity contribution in [1.29, 1.82) is 0 Å². The molecular weight excluding hydrogens is 348 g/mol. The average molecular weight is 366 g/mol. The predicted molar refractivity (Wildman–Crippen MR) is 102 cm³/mol. The molecule has 6 heteroatoms. The summed E-state index contributed by atoms with van der Waals surface area (Å²) in [6.45, 7) is 1.71. The molecule has 1 heterocycles. The maximum atomic E-state index is 11.9. The van der Waals surface area contributed by atoms with Crippen LogP contribution in [0.25, 0.3) is 10.6 Å². The number of hydrogen-bond acceptors (Lipinski definition) is 5. The predicted octanol–water partition coefficient (Wildman–Crippen LogP) is 3.84. The summed E-state index contributed by atoms with van der Waals surface area (Å²) in [4.78, 5) is 28.2. The molecular formula is C20H18N2O3S. The Morgan fingerprint density at radius 3 is 2.69 bits per heavy atom. The zero-order valence-corrected chi connectivity index (χ0v) is 15.1. The molecule has 0 radical (unpaired) electrons. The third kappa shape index (κ3) is 5.00. The molecule has 2 aromatic carbocycles. The molecule has 1 N–H and O–H groups in total. The van der Waals surface area contributed by atoms with E-state index >= 15 is 0 Å². The fourth-order valence-corrected chi connectivity index (χ4v) is 3.18. The number of esters is 1. The summed E-state index contributed by atoms with van der Waals surface area (Å²) >= 11 is 1.48. The number of nitrogens with zero attached hydrogens (tertiary/aromatic N) is 1. The van der Waals surface area contributed by atoms with Crippen LogP contribution in [0.4, 0.5) is 5.69 Å². The van der Waals surface area contributed by atoms with E-state index in [-0.39, 0.29) is 18.9 Å². The standard InChI is InChI=1S/C20H18N2O3S/c1-14-6-5-7-15(10-14)20-22-17(13-26-20)11-19(24)25-12-18(23)21-16-8-3-2-4-9-16/h2-10,13H,11-12H2,1H3,(H,21,23). The molecule has 0 saturated heterocycles. The molecule has 3 aromatic rings. The van der Waals surface area contributed by atoms with Crippen LogP contribution in [0.3, 0.4) is 0 Å². The van der Waals surface area contributed by atoms with Crippen LogP contribution < -0.4 is 5.32 Å². The second-order valence-electron chi connectivity index (χ2n) is 5.77. The van der Waals surface area contributed by atoms with Crippen LogP contribution in [-0.2, 0) is 20.7 Å². The number of carbonyl (C=O) groups excluding carboxylic acids is 2. The van der Waals surface area contributed by atoms with Gasteiger partial charge in [0.2, 0.25) is 0 Å². The first-order valence-corrected chi connectivity index (χ1v) is 9.00. The number of amides is 1. The molecule has 0 bridgehead atoms. The minimum atomic E-state index is -0.477. The Morgan fingerprint density at radius 2 is 1.92 bits per heavy atom. The number of para-hydroxylation sites is 1. The van der Waals surface area contributed by atoms with Crippen LogP contribution in [-0.4, -0.2) is 23.5 Å². The van der Waals surface area contributed by atoms with E-state index in [2.05, 4.69) is 16.4 Å². The van der Waals surface area contributed by atoms with Crippen molar-refractivity contribution in [2.45, 2.75) is 13.3 Å². The van der Waals surface area contributed by atoms with E-state index in [0.29, 0.717) is 11.4 Å². The van der Waals surface area contributed by atoms with Crippen molar-refractivity contribution in [2.24, 2.45) is 0 Å². The van der Waals surface area contributed by atoms with Gasteiger partial charge in [-0.15, -0.1) is 11.3 Å². The lowest BCUT2D eigenvalue weighted by atomic mass is 10.1. The van der Waals surface area contributed by atoms with Gasteiger partial charge in [0.25, 0.3) is 5.91 Å². The number of benzene rings is 2. The molecule has 132 valence electrons. The minimum absolute atomic E-state index is 0.0426. The Hall–Kier alpha value is -2.99. The lowest BCUT2D eigenvalue weighted by Gasteiger charge is -2.05. The fraction of sp³-hybridized carbons (Fsp3) is 0.150. The van der Waals surface area contributed by atoms with E-state index in [0.717, 1.165) is 16.1 Å². The molecule has 0 aliphatic carbocycles. The Morgan fingerprint density at radius 1 is 1.12 bits per heavy atom. The third-order valence-electron chi connectivity index (χ3n) is 3.56. The van der Waals surface area contributed by atoms with Crippen LogP contribution in [0.15, 0.2) is 60.0 Å². The second kappa shape index (κ2) is 8.40. The summed E-state index contributed by atoms with van der Waals surface area (Å²) in [5.41, 5.74) is 3.48. The maximum Gasteiger partial charge on any atom is 0.312 e. The Labute approximate surface area is 155 Å². The zero-order valence-electron chi connectivity index (χ0n) is 14.3. The SMILES string of the molecule is Cc1cccc(-c2nc(CC(=O)OCC(=O)Nc3ccccc3)cs2)c1. The van der Waals surface area contributed by atoms with Crippen molar-refractivity contribution >= 4 is 28.9 Å². The molecule has 5 nitrogen and oxygen atoms in total. The smallest absolute Gasteiger partial charge is 0.312 e.